The minimum absolute atomic E-state index is 0.166. The molecule has 0 unspecified atom stereocenters. The minimum Gasteiger partial charge on any atom is -0.492 e. The molecule has 0 saturated carbocycles. The Balaban J connectivity index is 1.76. The van der Waals surface area contributed by atoms with Gasteiger partial charge in [-0.25, -0.2) is 12.8 Å². The molecule has 1 fully saturated rings. The second kappa shape index (κ2) is 7.82. The van der Waals surface area contributed by atoms with Gasteiger partial charge in [-0.05, 0) is 37.3 Å². The van der Waals surface area contributed by atoms with Gasteiger partial charge in [-0.1, -0.05) is 23.7 Å². The van der Waals surface area contributed by atoms with Gasteiger partial charge in [0, 0.05) is 31.2 Å². The smallest absolute Gasteiger partial charge is 0.246 e. The van der Waals surface area contributed by atoms with Crippen LogP contribution in [-0.2, 0) is 10.0 Å². The van der Waals surface area contributed by atoms with E-state index in [0.29, 0.717) is 19.7 Å². The van der Waals surface area contributed by atoms with Crippen LogP contribution in [0.2, 0.25) is 5.02 Å². The summed E-state index contributed by atoms with van der Waals surface area (Å²) < 4.78 is 46.5. The minimum atomic E-state index is -3.89. The number of anilines is 1. The third-order valence-corrected chi connectivity index (χ3v) is 6.42. The Labute approximate surface area is 158 Å². The maximum absolute atomic E-state index is 14.1. The molecular formula is C18H20ClFN2O3S. The predicted octanol–water partition coefficient (Wildman–Crippen LogP) is 3.39. The molecule has 0 N–H and O–H groups in total. The highest BCUT2D eigenvalue weighted by molar-refractivity contribution is 7.89. The van der Waals surface area contributed by atoms with Gasteiger partial charge in [0.25, 0.3) is 0 Å². The number of benzene rings is 2. The molecule has 0 radical (unpaired) electrons. The lowest BCUT2D eigenvalue weighted by atomic mass is 10.2. The standard InChI is InChI=1S/C18H20ClFN2O3S/c1-2-25-17-6-4-3-5-16(17)21-9-11-22(12-10-21)26(23,24)18-8-7-14(19)13-15(18)20/h3-8,13H,2,9-12H2,1H3. The normalized spacial score (nSPS) is 15.9. The Morgan fingerprint density at radius 2 is 1.81 bits per heavy atom. The fourth-order valence-corrected chi connectivity index (χ4v) is 4.62. The molecule has 2 aromatic rings. The van der Waals surface area contributed by atoms with E-state index in [1.165, 1.54) is 16.4 Å². The number of ether oxygens (including phenoxy) is 1. The Kier molecular flexibility index (Phi) is 5.70. The largest absolute Gasteiger partial charge is 0.492 e. The number of sulfonamides is 1. The van der Waals surface area contributed by atoms with Crippen LogP contribution < -0.4 is 9.64 Å². The van der Waals surface area contributed by atoms with E-state index in [1.54, 1.807) is 0 Å². The molecule has 0 spiro atoms. The van der Waals surface area contributed by atoms with Gasteiger partial charge in [0.05, 0.1) is 12.3 Å². The number of hydrogen-bond acceptors (Lipinski definition) is 4. The predicted molar refractivity (Wildman–Crippen MR) is 100.0 cm³/mol. The quantitative estimate of drug-likeness (QED) is 0.774. The van der Waals surface area contributed by atoms with Crippen molar-refractivity contribution in [2.75, 3.05) is 37.7 Å². The monoisotopic (exact) mass is 398 g/mol. The number of rotatable bonds is 5. The molecule has 1 heterocycles. The number of hydrogen-bond donors (Lipinski definition) is 0. The van der Waals surface area contributed by atoms with E-state index in [4.69, 9.17) is 16.3 Å². The van der Waals surface area contributed by atoms with Crippen molar-refractivity contribution < 1.29 is 17.5 Å². The second-order valence-corrected chi connectivity index (χ2v) is 8.21. The molecule has 0 aromatic heterocycles. The lowest BCUT2D eigenvalue weighted by Gasteiger charge is -2.36. The highest BCUT2D eigenvalue weighted by atomic mass is 35.5. The van der Waals surface area contributed by atoms with Gasteiger partial charge in [-0.2, -0.15) is 4.31 Å². The first-order valence-electron chi connectivity index (χ1n) is 8.35. The van der Waals surface area contributed by atoms with Crippen LogP contribution in [0.15, 0.2) is 47.4 Å². The molecule has 1 aliphatic heterocycles. The summed E-state index contributed by atoms with van der Waals surface area (Å²) in [4.78, 5) is 1.74. The average molecular weight is 399 g/mol. The Morgan fingerprint density at radius 1 is 1.12 bits per heavy atom. The Bertz CT molecular complexity index is 884. The van der Waals surface area contributed by atoms with E-state index in [1.807, 2.05) is 31.2 Å². The summed E-state index contributed by atoms with van der Waals surface area (Å²) in [7, 11) is -3.89. The van der Waals surface area contributed by atoms with Crippen LogP contribution in [-0.4, -0.2) is 45.5 Å². The summed E-state index contributed by atoms with van der Waals surface area (Å²) in [6, 6.07) is 11.3. The van der Waals surface area contributed by atoms with E-state index in [0.717, 1.165) is 17.5 Å². The molecular weight excluding hydrogens is 379 g/mol. The lowest BCUT2D eigenvalue weighted by Crippen LogP contribution is -2.48. The van der Waals surface area contributed by atoms with Crippen molar-refractivity contribution in [3.05, 3.63) is 53.3 Å². The van der Waals surface area contributed by atoms with E-state index in [-0.39, 0.29) is 23.0 Å². The molecule has 5 nitrogen and oxygen atoms in total. The fraction of sp³-hybridized carbons (Fsp3) is 0.333. The molecule has 0 bridgehead atoms. The molecule has 1 saturated heterocycles. The van der Waals surface area contributed by atoms with E-state index < -0.39 is 15.8 Å². The summed E-state index contributed by atoms with van der Waals surface area (Å²) in [5, 5.41) is 0.166. The van der Waals surface area contributed by atoms with Gasteiger partial charge in [0.15, 0.2) is 0 Å². The summed E-state index contributed by atoms with van der Waals surface area (Å²) in [5.74, 6) is -0.0586. The summed E-state index contributed by atoms with van der Waals surface area (Å²) in [6.45, 7) is 4.01. The topological polar surface area (TPSA) is 49.9 Å². The average Bonchev–Trinajstić information content (AvgIpc) is 2.62. The number of halogens is 2. The highest BCUT2D eigenvalue weighted by Gasteiger charge is 2.31. The van der Waals surface area contributed by atoms with Crippen molar-refractivity contribution in [2.24, 2.45) is 0 Å². The highest BCUT2D eigenvalue weighted by Crippen LogP contribution is 2.30. The zero-order valence-electron chi connectivity index (χ0n) is 14.4. The summed E-state index contributed by atoms with van der Waals surface area (Å²) in [5.41, 5.74) is 0.934. The van der Waals surface area contributed by atoms with E-state index in [9.17, 15) is 12.8 Å². The van der Waals surface area contributed by atoms with Crippen molar-refractivity contribution in [3.63, 3.8) is 0 Å². The first kappa shape index (κ1) is 18.9. The van der Waals surface area contributed by atoms with Gasteiger partial charge < -0.3 is 9.64 Å². The van der Waals surface area contributed by atoms with Gasteiger partial charge in [0.2, 0.25) is 10.0 Å². The number of nitrogens with zero attached hydrogens (tertiary/aromatic N) is 2. The van der Waals surface area contributed by atoms with E-state index >= 15 is 0 Å². The Morgan fingerprint density at radius 3 is 2.46 bits per heavy atom. The SMILES string of the molecule is CCOc1ccccc1N1CCN(S(=O)(=O)c2ccc(Cl)cc2F)CC1. The van der Waals surface area contributed by atoms with Gasteiger partial charge >= 0.3 is 0 Å². The molecule has 3 rings (SSSR count). The molecule has 0 aliphatic carbocycles. The van der Waals surface area contributed by atoms with Crippen LogP contribution in [0.3, 0.4) is 0 Å². The zero-order valence-corrected chi connectivity index (χ0v) is 15.9. The van der Waals surface area contributed by atoms with Gasteiger partial charge in [-0.3, -0.25) is 0 Å². The first-order valence-corrected chi connectivity index (χ1v) is 10.2. The number of para-hydroxylation sites is 2. The van der Waals surface area contributed by atoms with Crippen molar-refractivity contribution in [1.29, 1.82) is 0 Å². The van der Waals surface area contributed by atoms with Crippen LogP contribution >= 0.6 is 11.6 Å². The van der Waals surface area contributed by atoms with Crippen molar-refractivity contribution >= 4 is 27.3 Å². The maximum atomic E-state index is 14.1. The molecule has 0 atom stereocenters. The molecule has 1 aliphatic rings. The summed E-state index contributed by atoms with van der Waals surface area (Å²) in [6.07, 6.45) is 0. The number of piperazine rings is 1. The molecule has 2 aromatic carbocycles. The van der Waals surface area contributed by atoms with E-state index in [2.05, 4.69) is 4.90 Å². The third kappa shape index (κ3) is 3.79. The second-order valence-electron chi connectivity index (χ2n) is 5.87. The van der Waals surface area contributed by atoms with Crippen LogP contribution in [0.4, 0.5) is 10.1 Å². The third-order valence-electron chi connectivity index (χ3n) is 4.26. The van der Waals surface area contributed by atoms with Crippen molar-refractivity contribution in [2.45, 2.75) is 11.8 Å². The maximum Gasteiger partial charge on any atom is 0.246 e. The van der Waals surface area contributed by atoms with Crippen LogP contribution in [0.5, 0.6) is 5.75 Å². The van der Waals surface area contributed by atoms with Crippen molar-refractivity contribution in [3.8, 4) is 5.75 Å². The Hall–Kier alpha value is -1.83. The van der Waals surface area contributed by atoms with Crippen LogP contribution in [0.25, 0.3) is 0 Å². The van der Waals surface area contributed by atoms with Crippen LogP contribution in [0, 0.1) is 5.82 Å². The van der Waals surface area contributed by atoms with Crippen LogP contribution in [0.1, 0.15) is 6.92 Å². The zero-order chi connectivity index (χ0) is 18.7. The molecule has 140 valence electrons. The fourth-order valence-electron chi connectivity index (χ4n) is 2.99. The molecule has 8 heteroatoms. The van der Waals surface area contributed by atoms with Gasteiger partial charge in [0.1, 0.15) is 16.5 Å². The first-order chi connectivity index (χ1) is 12.4. The summed E-state index contributed by atoms with van der Waals surface area (Å²) >= 11 is 5.71. The van der Waals surface area contributed by atoms with Crippen molar-refractivity contribution in [1.82, 2.24) is 4.31 Å². The van der Waals surface area contributed by atoms with Gasteiger partial charge in [-0.15, -0.1) is 0 Å². The lowest BCUT2D eigenvalue weighted by molar-refractivity contribution is 0.336. The molecule has 0 amide bonds. The molecule has 26 heavy (non-hydrogen) atoms.